The number of carbonyl (C=O) groups excluding carboxylic acids is 2. The minimum Gasteiger partial charge on any atom is -0.274 e. The molecule has 1 heterocycles. The Balaban J connectivity index is 1.41. The molecule has 0 N–H and O–H groups in total. The lowest BCUT2D eigenvalue weighted by molar-refractivity contribution is -0.122. The zero-order valence-electron chi connectivity index (χ0n) is 21.1. The predicted molar refractivity (Wildman–Crippen MR) is 154 cm³/mol. The highest BCUT2D eigenvalue weighted by Crippen LogP contribution is 2.64. The van der Waals surface area contributed by atoms with E-state index in [1.165, 1.54) is 4.90 Å². The highest BCUT2D eigenvalue weighted by atomic mass is 16.2. The number of para-hydroxylation sites is 1. The molecule has 0 saturated carbocycles. The van der Waals surface area contributed by atoms with Crippen molar-refractivity contribution in [2.75, 3.05) is 4.90 Å². The van der Waals surface area contributed by atoms with Gasteiger partial charge < -0.3 is 0 Å². The van der Waals surface area contributed by atoms with Crippen LogP contribution in [-0.4, -0.2) is 18.0 Å². The number of carbonyl (C=O) groups is 2. The van der Waals surface area contributed by atoms with Gasteiger partial charge in [-0.1, -0.05) is 103 Å². The second-order valence-electron chi connectivity index (χ2n) is 10.6. The SMILES string of the molecule is O=C1[C@@H]2C3c4ccccc4C(C=Nc4ccccc4)(c4ccccc43)[C@H]2C(=O)N1c1cccc2ccccc12. The molecule has 2 atom stereocenters. The van der Waals surface area contributed by atoms with E-state index in [1.807, 2.05) is 103 Å². The first-order valence-electron chi connectivity index (χ1n) is 13.3. The number of aliphatic imine (C=N–C) groups is 1. The Morgan fingerprint density at radius 2 is 1.26 bits per heavy atom. The van der Waals surface area contributed by atoms with Crippen LogP contribution in [0.1, 0.15) is 28.2 Å². The van der Waals surface area contributed by atoms with Gasteiger partial charge >= 0.3 is 0 Å². The van der Waals surface area contributed by atoms with Gasteiger partial charge in [-0.25, -0.2) is 4.90 Å². The molecule has 2 amide bonds. The second kappa shape index (κ2) is 8.08. The molecule has 4 nitrogen and oxygen atoms in total. The van der Waals surface area contributed by atoms with Gasteiger partial charge in [0.15, 0.2) is 0 Å². The molecule has 0 radical (unpaired) electrons. The second-order valence-corrected chi connectivity index (χ2v) is 10.6. The number of hydrogen-bond donors (Lipinski definition) is 0. The van der Waals surface area contributed by atoms with Crippen LogP contribution >= 0.6 is 0 Å². The topological polar surface area (TPSA) is 49.7 Å². The molecule has 39 heavy (non-hydrogen) atoms. The van der Waals surface area contributed by atoms with Crippen LogP contribution in [0.2, 0.25) is 0 Å². The monoisotopic (exact) mass is 504 g/mol. The molecule has 5 aromatic rings. The van der Waals surface area contributed by atoms with Crippen LogP contribution in [0.4, 0.5) is 11.4 Å². The maximum Gasteiger partial charge on any atom is 0.239 e. The van der Waals surface area contributed by atoms with Gasteiger partial charge in [0.05, 0.1) is 28.6 Å². The van der Waals surface area contributed by atoms with Crippen molar-refractivity contribution in [3.05, 3.63) is 144 Å². The van der Waals surface area contributed by atoms with E-state index in [9.17, 15) is 9.59 Å². The molecule has 186 valence electrons. The molecule has 0 spiro atoms. The zero-order chi connectivity index (χ0) is 26.1. The van der Waals surface area contributed by atoms with E-state index in [1.54, 1.807) is 0 Å². The third-order valence-electron chi connectivity index (χ3n) is 8.86. The molecule has 0 aromatic heterocycles. The number of anilines is 1. The smallest absolute Gasteiger partial charge is 0.239 e. The molecule has 3 aliphatic carbocycles. The molecule has 1 aliphatic heterocycles. The number of imide groups is 1. The molecule has 2 bridgehead atoms. The van der Waals surface area contributed by atoms with Gasteiger partial charge in [0.2, 0.25) is 11.8 Å². The van der Waals surface area contributed by atoms with E-state index in [0.717, 1.165) is 38.7 Å². The number of rotatable bonds is 3. The van der Waals surface area contributed by atoms with Crippen LogP contribution in [0.25, 0.3) is 10.8 Å². The van der Waals surface area contributed by atoms with Crippen molar-refractivity contribution < 1.29 is 9.59 Å². The molecule has 1 fully saturated rings. The fraction of sp³-hybridized carbons (Fsp3) is 0.114. The van der Waals surface area contributed by atoms with Crippen LogP contribution in [0.15, 0.2) is 126 Å². The van der Waals surface area contributed by atoms with Gasteiger partial charge in [0, 0.05) is 17.5 Å². The number of amides is 2. The third kappa shape index (κ3) is 2.86. The fourth-order valence-corrected chi connectivity index (χ4v) is 7.38. The summed E-state index contributed by atoms with van der Waals surface area (Å²) in [6.07, 6.45) is 1.95. The van der Waals surface area contributed by atoms with Crippen LogP contribution in [0, 0.1) is 11.8 Å². The van der Waals surface area contributed by atoms with E-state index < -0.39 is 17.3 Å². The molecule has 5 aromatic carbocycles. The van der Waals surface area contributed by atoms with Crippen molar-refractivity contribution in [1.29, 1.82) is 0 Å². The zero-order valence-corrected chi connectivity index (χ0v) is 21.1. The summed E-state index contributed by atoms with van der Waals surface area (Å²) in [5.41, 5.74) is 4.95. The van der Waals surface area contributed by atoms with Crippen molar-refractivity contribution in [1.82, 2.24) is 0 Å². The van der Waals surface area contributed by atoms with E-state index in [2.05, 4.69) is 24.3 Å². The third-order valence-corrected chi connectivity index (χ3v) is 8.86. The molecular formula is C35H24N2O2. The van der Waals surface area contributed by atoms with Crippen LogP contribution in [0.3, 0.4) is 0 Å². The van der Waals surface area contributed by atoms with Gasteiger partial charge in [-0.2, -0.15) is 0 Å². The van der Waals surface area contributed by atoms with Crippen molar-refractivity contribution >= 4 is 40.2 Å². The van der Waals surface area contributed by atoms with Gasteiger partial charge in [-0.3, -0.25) is 14.6 Å². The molecule has 4 aliphatic rings. The first kappa shape index (κ1) is 22.2. The van der Waals surface area contributed by atoms with Gasteiger partial charge in [0.25, 0.3) is 0 Å². The Hall–Kier alpha value is -4.83. The summed E-state index contributed by atoms with van der Waals surface area (Å²) < 4.78 is 0. The normalized spacial score (nSPS) is 24.7. The summed E-state index contributed by atoms with van der Waals surface area (Å²) >= 11 is 0. The largest absolute Gasteiger partial charge is 0.274 e. The Morgan fingerprint density at radius 3 is 2.00 bits per heavy atom. The fourth-order valence-electron chi connectivity index (χ4n) is 7.38. The summed E-state index contributed by atoms with van der Waals surface area (Å²) in [6.45, 7) is 0. The van der Waals surface area contributed by atoms with Crippen molar-refractivity contribution in [3.63, 3.8) is 0 Å². The highest BCUT2D eigenvalue weighted by molar-refractivity contribution is 6.27. The Bertz CT molecular complexity index is 1790. The first-order chi connectivity index (χ1) is 19.2. The van der Waals surface area contributed by atoms with E-state index in [0.29, 0.717) is 5.69 Å². The lowest BCUT2D eigenvalue weighted by Gasteiger charge is -2.52. The molecular weight excluding hydrogens is 480 g/mol. The quantitative estimate of drug-likeness (QED) is 0.201. The van der Waals surface area contributed by atoms with Crippen LogP contribution in [-0.2, 0) is 15.0 Å². The summed E-state index contributed by atoms with van der Waals surface area (Å²) in [6, 6.07) is 40.1. The molecule has 0 unspecified atom stereocenters. The molecule has 4 heteroatoms. The maximum atomic E-state index is 14.7. The minimum atomic E-state index is -0.867. The molecule has 9 rings (SSSR count). The van der Waals surface area contributed by atoms with Gasteiger partial charge in [-0.15, -0.1) is 0 Å². The van der Waals surface area contributed by atoms with Gasteiger partial charge in [-0.05, 0) is 45.8 Å². The predicted octanol–water partition coefficient (Wildman–Crippen LogP) is 6.79. The van der Waals surface area contributed by atoms with E-state index in [4.69, 9.17) is 4.99 Å². The average molecular weight is 505 g/mol. The van der Waals surface area contributed by atoms with Crippen molar-refractivity contribution in [2.24, 2.45) is 16.8 Å². The first-order valence-corrected chi connectivity index (χ1v) is 13.3. The van der Waals surface area contributed by atoms with E-state index >= 15 is 0 Å². The summed E-state index contributed by atoms with van der Waals surface area (Å²) in [5, 5.41) is 1.90. The van der Waals surface area contributed by atoms with Crippen molar-refractivity contribution in [3.8, 4) is 0 Å². The lowest BCUT2D eigenvalue weighted by atomic mass is 9.47. The lowest BCUT2D eigenvalue weighted by Crippen LogP contribution is -2.54. The molecule has 1 saturated heterocycles. The number of nitrogens with zero attached hydrogens (tertiary/aromatic N) is 2. The van der Waals surface area contributed by atoms with Gasteiger partial charge in [0.1, 0.15) is 0 Å². The number of benzene rings is 5. The maximum absolute atomic E-state index is 14.7. The Morgan fingerprint density at radius 1 is 0.641 bits per heavy atom. The Labute approximate surface area is 226 Å². The average Bonchev–Trinajstić information content (AvgIpc) is 3.27. The summed E-state index contributed by atoms with van der Waals surface area (Å²) in [4.78, 5) is 35.6. The summed E-state index contributed by atoms with van der Waals surface area (Å²) in [5.74, 6) is -1.58. The standard InChI is InChI=1S/C35H24N2O2/c38-33-31-30-25-16-6-8-18-27(25)35(28-19-9-7-17-26(28)30,21-36-23-13-2-1-3-14-23)32(31)34(39)37(33)29-20-10-12-22-11-4-5-15-24(22)29/h1-21,30-32H/t30?,31-,32-,35?/m1/s1. The minimum absolute atomic E-state index is 0.132. The van der Waals surface area contributed by atoms with Crippen LogP contribution < -0.4 is 4.90 Å². The van der Waals surface area contributed by atoms with Crippen LogP contribution in [0.5, 0.6) is 0 Å². The highest BCUT2D eigenvalue weighted by Gasteiger charge is 2.68. The number of fused-ring (bicyclic) bond motifs is 1. The Kier molecular flexibility index (Phi) is 4.60. The van der Waals surface area contributed by atoms with Crippen molar-refractivity contribution in [2.45, 2.75) is 11.3 Å². The summed E-state index contributed by atoms with van der Waals surface area (Å²) in [7, 11) is 0. The van der Waals surface area contributed by atoms with E-state index in [-0.39, 0.29) is 17.7 Å². The number of hydrogen-bond acceptors (Lipinski definition) is 3.